The zero-order valence-electron chi connectivity index (χ0n) is 19.0. The molecule has 4 aromatic rings. The van der Waals surface area contributed by atoms with E-state index in [9.17, 15) is 9.18 Å². The van der Waals surface area contributed by atoms with Crippen molar-refractivity contribution < 1.29 is 9.18 Å². The Balaban J connectivity index is 1.58. The van der Waals surface area contributed by atoms with Crippen molar-refractivity contribution in [1.82, 2.24) is 15.1 Å². The van der Waals surface area contributed by atoms with Gasteiger partial charge < -0.3 is 5.32 Å². The van der Waals surface area contributed by atoms with Gasteiger partial charge in [-0.05, 0) is 66.1 Å². The maximum absolute atomic E-state index is 13.4. The summed E-state index contributed by atoms with van der Waals surface area (Å²) in [5.74, 6) is 0.939. The van der Waals surface area contributed by atoms with Gasteiger partial charge in [0, 0.05) is 22.1 Å². The monoisotopic (exact) mass is 503 g/mol. The van der Waals surface area contributed by atoms with Crippen LogP contribution >= 0.6 is 23.4 Å². The van der Waals surface area contributed by atoms with Crippen LogP contribution in [0.1, 0.15) is 45.8 Å². The highest BCUT2D eigenvalue weighted by atomic mass is 35.5. The van der Waals surface area contributed by atoms with Crippen LogP contribution in [0.4, 0.5) is 4.39 Å². The number of hydrogen-bond acceptors (Lipinski definition) is 3. The summed E-state index contributed by atoms with van der Waals surface area (Å²) in [6.07, 6.45) is 2.03. The molecule has 1 amide bonds. The Morgan fingerprint density at radius 3 is 2.49 bits per heavy atom. The van der Waals surface area contributed by atoms with Gasteiger partial charge in [0.2, 0.25) is 0 Å². The van der Waals surface area contributed by atoms with Gasteiger partial charge in [-0.15, -0.1) is 0 Å². The van der Waals surface area contributed by atoms with E-state index in [1.165, 1.54) is 12.1 Å². The van der Waals surface area contributed by atoms with Gasteiger partial charge in [-0.3, -0.25) is 4.79 Å². The molecule has 0 radical (unpaired) electrons. The predicted octanol–water partition coefficient (Wildman–Crippen LogP) is 6.94. The molecule has 176 valence electrons. The molecule has 7 heteroatoms. The first kappa shape index (κ1) is 23.4. The molecule has 5 rings (SSSR count). The number of fused-ring (bicyclic) bond motifs is 1. The second-order valence-corrected chi connectivity index (χ2v) is 9.81. The minimum absolute atomic E-state index is 0.162. The van der Waals surface area contributed by atoms with Crippen LogP contribution in [0.3, 0.4) is 0 Å². The summed E-state index contributed by atoms with van der Waals surface area (Å²) in [4.78, 5) is 13.4. The molecule has 0 saturated carbocycles. The van der Waals surface area contributed by atoms with Gasteiger partial charge >= 0.3 is 0 Å². The quantitative estimate of drug-likeness (QED) is 0.321. The van der Waals surface area contributed by atoms with Crippen LogP contribution < -0.4 is 5.32 Å². The lowest BCUT2D eigenvalue weighted by atomic mass is 10.0. The number of nitrogens with zero attached hydrogens (tertiary/aromatic N) is 2. The minimum Gasteiger partial charge on any atom is -0.344 e. The number of hydrogen-bond donors (Lipinski definition) is 1. The zero-order valence-corrected chi connectivity index (χ0v) is 20.6. The highest BCUT2D eigenvalue weighted by molar-refractivity contribution is 7.99. The summed E-state index contributed by atoms with van der Waals surface area (Å²) in [6.45, 7) is 1.96. The van der Waals surface area contributed by atoms with Crippen LogP contribution in [0.15, 0.2) is 78.9 Å². The SMILES string of the molecule is C[C@@H](NC(=O)c1nn(-c2ccc(Cl)cc2)c2c1CSCC2=Cc1ccc(F)cc1)c1ccccc1. The third-order valence-electron chi connectivity index (χ3n) is 5.94. The van der Waals surface area contributed by atoms with Crippen LogP contribution in [0.2, 0.25) is 5.02 Å². The average Bonchev–Trinajstić information content (AvgIpc) is 3.27. The number of nitrogens with one attached hydrogen (secondary N) is 1. The Morgan fingerprint density at radius 2 is 1.77 bits per heavy atom. The maximum Gasteiger partial charge on any atom is 0.272 e. The van der Waals surface area contributed by atoms with E-state index in [4.69, 9.17) is 16.7 Å². The number of rotatable bonds is 5. The van der Waals surface area contributed by atoms with Crippen LogP contribution in [-0.4, -0.2) is 21.4 Å². The van der Waals surface area contributed by atoms with Gasteiger partial charge in [-0.1, -0.05) is 54.1 Å². The van der Waals surface area contributed by atoms with Gasteiger partial charge in [0.25, 0.3) is 5.91 Å². The Morgan fingerprint density at radius 1 is 1.06 bits per heavy atom. The average molecular weight is 504 g/mol. The fraction of sp³-hybridized carbons (Fsp3) is 0.143. The molecule has 0 fully saturated rings. The van der Waals surface area contributed by atoms with Crippen molar-refractivity contribution in [2.75, 3.05) is 5.75 Å². The number of amides is 1. The van der Waals surface area contributed by atoms with Gasteiger partial charge in [0.15, 0.2) is 5.69 Å². The number of carbonyl (C=O) groups is 1. The van der Waals surface area contributed by atoms with Crippen molar-refractivity contribution in [3.63, 3.8) is 0 Å². The first-order chi connectivity index (χ1) is 17.0. The topological polar surface area (TPSA) is 46.9 Å². The first-order valence-corrected chi connectivity index (χ1v) is 12.8. The van der Waals surface area contributed by atoms with Gasteiger partial charge in [0.1, 0.15) is 5.82 Å². The van der Waals surface area contributed by atoms with Crippen molar-refractivity contribution in [2.24, 2.45) is 0 Å². The molecule has 0 aliphatic carbocycles. The molecular weight excluding hydrogens is 481 g/mol. The zero-order chi connectivity index (χ0) is 24.4. The predicted molar refractivity (Wildman–Crippen MR) is 141 cm³/mol. The summed E-state index contributed by atoms with van der Waals surface area (Å²) in [5.41, 5.74) is 5.96. The lowest BCUT2D eigenvalue weighted by Gasteiger charge is -2.18. The maximum atomic E-state index is 13.4. The second-order valence-electron chi connectivity index (χ2n) is 8.38. The van der Waals surface area contributed by atoms with E-state index in [0.29, 0.717) is 16.5 Å². The molecule has 1 aromatic heterocycles. The highest BCUT2D eigenvalue weighted by Crippen LogP contribution is 2.37. The summed E-state index contributed by atoms with van der Waals surface area (Å²) in [5, 5.41) is 8.52. The molecule has 1 aliphatic heterocycles. The summed E-state index contributed by atoms with van der Waals surface area (Å²) >= 11 is 7.85. The number of benzene rings is 3. The Labute approximate surface area is 212 Å². The van der Waals surface area contributed by atoms with Crippen molar-refractivity contribution in [3.8, 4) is 5.69 Å². The van der Waals surface area contributed by atoms with Gasteiger partial charge in [-0.2, -0.15) is 16.9 Å². The molecule has 0 unspecified atom stereocenters. The van der Waals surface area contributed by atoms with E-state index in [2.05, 4.69) is 5.32 Å². The van der Waals surface area contributed by atoms with E-state index in [-0.39, 0.29) is 17.8 Å². The lowest BCUT2D eigenvalue weighted by molar-refractivity contribution is 0.0933. The number of thioether (sulfide) groups is 1. The molecule has 0 bridgehead atoms. The Hall–Kier alpha value is -3.35. The van der Waals surface area contributed by atoms with E-state index in [1.54, 1.807) is 23.9 Å². The van der Waals surface area contributed by atoms with E-state index in [0.717, 1.165) is 39.4 Å². The van der Waals surface area contributed by atoms with E-state index >= 15 is 0 Å². The molecule has 1 N–H and O–H groups in total. The fourth-order valence-electron chi connectivity index (χ4n) is 4.16. The largest absolute Gasteiger partial charge is 0.344 e. The summed E-state index contributed by atoms with van der Waals surface area (Å²) in [6, 6.07) is 23.5. The van der Waals surface area contributed by atoms with Gasteiger partial charge in [0.05, 0.1) is 17.4 Å². The van der Waals surface area contributed by atoms with Crippen molar-refractivity contribution in [3.05, 3.63) is 118 Å². The lowest BCUT2D eigenvalue weighted by Crippen LogP contribution is -2.28. The number of halogens is 2. The minimum atomic E-state index is -0.274. The van der Waals surface area contributed by atoms with Crippen LogP contribution in [0.5, 0.6) is 0 Å². The Kier molecular flexibility index (Phi) is 6.75. The smallest absolute Gasteiger partial charge is 0.272 e. The molecule has 0 spiro atoms. The van der Waals surface area contributed by atoms with Gasteiger partial charge in [-0.25, -0.2) is 9.07 Å². The van der Waals surface area contributed by atoms with Crippen LogP contribution in [-0.2, 0) is 5.75 Å². The molecule has 1 atom stereocenters. The third kappa shape index (κ3) is 5.04. The molecule has 1 aliphatic rings. The first-order valence-electron chi connectivity index (χ1n) is 11.3. The molecule has 35 heavy (non-hydrogen) atoms. The van der Waals surface area contributed by atoms with Crippen LogP contribution in [0, 0.1) is 5.82 Å². The molecule has 3 aromatic carbocycles. The second kappa shape index (κ2) is 10.1. The number of aromatic nitrogens is 2. The number of carbonyl (C=O) groups excluding carboxylic acids is 1. The summed E-state index contributed by atoms with van der Waals surface area (Å²) in [7, 11) is 0. The normalized spacial score (nSPS) is 15.0. The van der Waals surface area contributed by atoms with Crippen molar-refractivity contribution in [1.29, 1.82) is 0 Å². The van der Waals surface area contributed by atoms with Crippen molar-refractivity contribution in [2.45, 2.75) is 18.7 Å². The van der Waals surface area contributed by atoms with E-state index < -0.39 is 0 Å². The van der Waals surface area contributed by atoms with E-state index in [1.807, 2.05) is 72.3 Å². The standard InChI is InChI=1S/C28H23ClFN3OS/c1-18(20-5-3-2-4-6-20)31-28(34)26-25-17-35-16-21(15-19-7-11-23(30)12-8-19)27(25)33(32-26)24-13-9-22(29)10-14-24/h2-15,18H,16-17H2,1H3,(H,31,34)/t18-/m1/s1. The third-order valence-corrected chi connectivity index (χ3v) is 7.20. The summed E-state index contributed by atoms with van der Waals surface area (Å²) < 4.78 is 15.3. The van der Waals surface area contributed by atoms with Crippen LogP contribution in [0.25, 0.3) is 17.3 Å². The molecule has 2 heterocycles. The Bertz CT molecular complexity index is 1380. The molecule has 0 saturated heterocycles. The highest BCUT2D eigenvalue weighted by Gasteiger charge is 2.29. The fourth-order valence-corrected chi connectivity index (χ4v) is 5.31. The molecular formula is C28H23ClFN3OS. The van der Waals surface area contributed by atoms with Crippen molar-refractivity contribution >= 4 is 40.9 Å². The molecule has 4 nitrogen and oxygen atoms in total.